The van der Waals surface area contributed by atoms with Crippen LogP contribution >= 0.6 is 0 Å². The number of phenolic OH excluding ortho intramolecular Hbond substituents is 1. The number of alkyl halides is 5. The molecule has 0 heterocycles. The van der Waals surface area contributed by atoms with Crippen molar-refractivity contribution >= 4 is 10.8 Å². The first-order valence-electron chi connectivity index (χ1n) is 16.0. The predicted molar refractivity (Wildman–Crippen MR) is 158 cm³/mol. The molecule has 3 aliphatic carbocycles. The zero-order valence-electron chi connectivity index (χ0n) is 25.7. The molecule has 0 saturated heterocycles. The van der Waals surface area contributed by atoms with E-state index < -0.39 is 40.4 Å². The highest BCUT2D eigenvalue weighted by molar-refractivity contribution is 7.84. The number of fused-ring (bicyclic) bond motifs is 5. The molecule has 2 fully saturated rings. The van der Waals surface area contributed by atoms with Gasteiger partial charge in [-0.2, -0.15) is 22.0 Å². The normalized spacial score (nSPS) is 30.7. The molecule has 0 amide bonds. The number of rotatable bonds is 14. The van der Waals surface area contributed by atoms with E-state index in [0.717, 1.165) is 56.1 Å². The molecule has 2 saturated carbocycles. The number of aromatic hydroxyl groups is 1. The zero-order valence-corrected chi connectivity index (χ0v) is 26.5. The largest absolute Gasteiger partial charge is 0.633 e. The number of phenols is 1. The fourth-order valence-corrected chi connectivity index (χ4v) is 9.64. The lowest BCUT2D eigenvalue weighted by atomic mass is 9.52. The second kappa shape index (κ2) is 13.8. The van der Waals surface area contributed by atoms with Crippen LogP contribution < -0.4 is 0 Å². The third kappa shape index (κ3) is 7.94. The summed E-state index contributed by atoms with van der Waals surface area (Å²) in [5.74, 6) is -4.41. The Kier molecular flexibility index (Phi) is 11.1. The van der Waals surface area contributed by atoms with Crippen molar-refractivity contribution in [3.63, 3.8) is 0 Å². The summed E-state index contributed by atoms with van der Waals surface area (Å²) in [5, 5.41) is 33.9. The van der Waals surface area contributed by atoms with Crippen molar-refractivity contribution in [1.82, 2.24) is 0 Å². The molecule has 12 heteroatoms. The summed E-state index contributed by atoms with van der Waals surface area (Å²) in [4.78, 5) is 0. The summed E-state index contributed by atoms with van der Waals surface area (Å²) in [6.45, 7) is 2.72. The summed E-state index contributed by atoms with van der Waals surface area (Å²) >= 11 is 0. The molecule has 1 aromatic rings. The lowest BCUT2D eigenvalue weighted by Crippen LogP contribution is -2.47. The van der Waals surface area contributed by atoms with E-state index in [0.29, 0.717) is 37.6 Å². The van der Waals surface area contributed by atoms with Crippen LogP contribution in [-0.4, -0.2) is 68.9 Å². The Morgan fingerprint density at radius 3 is 2.41 bits per heavy atom. The summed E-state index contributed by atoms with van der Waals surface area (Å²) < 4.78 is 89.5. The van der Waals surface area contributed by atoms with Crippen LogP contribution in [0.25, 0.3) is 0 Å². The summed E-state index contributed by atoms with van der Waals surface area (Å²) in [6.07, 6.45) is -0.190. The number of hydroxylamine groups is 3. The average molecular weight is 656 g/mol. The van der Waals surface area contributed by atoms with Crippen LogP contribution in [0.4, 0.5) is 26.3 Å². The maximum absolute atomic E-state index is 15.2. The van der Waals surface area contributed by atoms with Gasteiger partial charge in [0.25, 0.3) is 0 Å². The molecule has 0 bridgehead atoms. The molecule has 0 aromatic heterocycles. The van der Waals surface area contributed by atoms with Gasteiger partial charge in [-0.25, -0.2) is 4.39 Å². The Morgan fingerprint density at radius 1 is 1.02 bits per heavy atom. The molecular formula is C32H47F6NO4S. The SMILES string of the molecule is C[C@]12CC[C@@H]3c4c(F)cc(O)cc4C[C@@H](CCCCC[N+](C)([O-])CCCS(=O)CCCC(F)(F)C(F)(F)F)[C@H]3[C@@H]1CC[C@@H]2O. The smallest absolute Gasteiger partial charge is 0.453 e. The lowest BCUT2D eigenvalue weighted by Gasteiger charge is -2.53. The van der Waals surface area contributed by atoms with Crippen molar-refractivity contribution in [2.24, 2.45) is 23.2 Å². The van der Waals surface area contributed by atoms with Crippen molar-refractivity contribution in [1.29, 1.82) is 0 Å². The van der Waals surface area contributed by atoms with Crippen molar-refractivity contribution in [3.05, 3.63) is 34.3 Å². The van der Waals surface area contributed by atoms with Gasteiger partial charge in [0, 0.05) is 41.2 Å². The molecule has 44 heavy (non-hydrogen) atoms. The minimum Gasteiger partial charge on any atom is -0.633 e. The van der Waals surface area contributed by atoms with E-state index in [9.17, 15) is 41.6 Å². The van der Waals surface area contributed by atoms with Gasteiger partial charge in [-0.1, -0.05) is 13.3 Å². The maximum atomic E-state index is 15.2. The van der Waals surface area contributed by atoms with Gasteiger partial charge >= 0.3 is 12.1 Å². The predicted octanol–water partition coefficient (Wildman–Crippen LogP) is 7.60. The molecule has 5 nitrogen and oxygen atoms in total. The quantitative estimate of drug-likeness (QED) is 0.0937. The highest BCUT2D eigenvalue weighted by Gasteiger charge is 2.57. The van der Waals surface area contributed by atoms with E-state index in [1.165, 1.54) is 13.1 Å². The Morgan fingerprint density at radius 2 is 1.70 bits per heavy atom. The molecule has 2 unspecified atom stereocenters. The second-order valence-corrected chi connectivity index (χ2v) is 15.7. The van der Waals surface area contributed by atoms with Gasteiger partial charge in [-0.3, -0.25) is 4.21 Å². The van der Waals surface area contributed by atoms with Crippen LogP contribution in [0.5, 0.6) is 5.75 Å². The van der Waals surface area contributed by atoms with E-state index in [1.807, 2.05) is 0 Å². The molecule has 0 spiro atoms. The first-order chi connectivity index (χ1) is 20.4. The van der Waals surface area contributed by atoms with Gasteiger partial charge in [-0.15, -0.1) is 0 Å². The van der Waals surface area contributed by atoms with Gasteiger partial charge in [0.1, 0.15) is 11.6 Å². The van der Waals surface area contributed by atoms with Gasteiger partial charge in [0.2, 0.25) is 0 Å². The highest BCUT2D eigenvalue weighted by atomic mass is 32.2. The first kappa shape index (κ1) is 35.5. The number of aliphatic hydroxyl groups excluding tert-OH is 1. The molecule has 4 rings (SSSR count). The van der Waals surface area contributed by atoms with E-state index in [1.54, 1.807) is 6.07 Å². The number of nitrogens with zero attached hydrogens (tertiary/aromatic N) is 1. The summed E-state index contributed by atoms with van der Waals surface area (Å²) in [7, 11) is -0.0296. The van der Waals surface area contributed by atoms with E-state index in [2.05, 4.69) is 6.92 Å². The first-order valence-corrected chi connectivity index (χ1v) is 17.5. The molecule has 0 aliphatic heterocycles. The van der Waals surface area contributed by atoms with E-state index in [4.69, 9.17) is 0 Å². The molecule has 0 radical (unpaired) electrons. The van der Waals surface area contributed by atoms with Crippen LogP contribution in [0.1, 0.15) is 94.6 Å². The standard InChI is InChI=1S/C32H47F6NO4S/c1-30-13-11-24-28(25(30)9-10-27(30)41)21(18-22-19-23(40)20-26(33)29(22)24)8-4-3-5-14-39(2,42)15-7-17-44(43)16-6-12-31(34,35)32(36,37)38/h19-21,24-25,27-28,40-41H,3-18H2,1-2H3/t21-,24+,25+,27+,28-,30+,39?,44?/m1/s1. The fraction of sp³-hybridized carbons (Fsp3) is 0.812. The van der Waals surface area contributed by atoms with Crippen LogP contribution in [0.15, 0.2) is 12.1 Å². The van der Waals surface area contributed by atoms with E-state index >= 15 is 4.39 Å². The summed E-state index contributed by atoms with van der Waals surface area (Å²) in [6, 6.07) is 2.91. The van der Waals surface area contributed by atoms with Crippen molar-refractivity contribution in [3.8, 4) is 5.75 Å². The zero-order chi connectivity index (χ0) is 32.5. The van der Waals surface area contributed by atoms with Crippen LogP contribution in [0.3, 0.4) is 0 Å². The minimum absolute atomic E-state index is 0.0604. The Balaban J connectivity index is 1.23. The number of aliphatic hydroxyl groups is 1. The van der Waals surface area contributed by atoms with Crippen molar-refractivity contribution < 1.29 is 45.4 Å². The molecule has 3 aliphatic rings. The molecule has 8 atom stereocenters. The molecule has 252 valence electrons. The molecular weight excluding hydrogens is 608 g/mol. The fourth-order valence-electron chi connectivity index (χ4n) is 8.52. The summed E-state index contributed by atoms with van der Waals surface area (Å²) in [5.41, 5.74) is 1.46. The van der Waals surface area contributed by atoms with Gasteiger partial charge in [0.05, 0.1) is 26.2 Å². The Bertz CT molecular complexity index is 1160. The van der Waals surface area contributed by atoms with Gasteiger partial charge in [-0.05, 0) is 104 Å². The van der Waals surface area contributed by atoms with Crippen LogP contribution in [-0.2, 0) is 17.2 Å². The lowest BCUT2D eigenvalue weighted by molar-refractivity contribution is -0.860. The monoisotopic (exact) mass is 655 g/mol. The van der Waals surface area contributed by atoms with Gasteiger partial charge < -0.3 is 20.1 Å². The van der Waals surface area contributed by atoms with Crippen LogP contribution in [0, 0.1) is 34.2 Å². The maximum Gasteiger partial charge on any atom is 0.453 e. The Labute approximate surface area is 259 Å². The average Bonchev–Trinajstić information content (AvgIpc) is 3.21. The number of benzene rings is 1. The number of halogens is 6. The van der Waals surface area contributed by atoms with E-state index in [-0.39, 0.29) is 53.0 Å². The van der Waals surface area contributed by atoms with Crippen molar-refractivity contribution in [2.75, 3.05) is 31.6 Å². The number of hydrogen-bond acceptors (Lipinski definition) is 4. The van der Waals surface area contributed by atoms with Crippen molar-refractivity contribution in [2.45, 2.75) is 108 Å². The topological polar surface area (TPSA) is 80.6 Å². The Hall–Kier alpha value is -1.37. The number of unbranched alkanes of at least 4 members (excludes halogenated alkanes) is 2. The van der Waals surface area contributed by atoms with Gasteiger partial charge in [0.15, 0.2) is 0 Å². The second-order valence-electron chi connectivity index (χ2n) is 14.0. The third-order valence-corrected chi connectivity index (χ3v) is 12.4. The third-order valence-electron chi connectivity index (χ3n) is 10.9. The van der Waals surface area contributed by atoms with Crippen LogP contribution in [0.2, 0.25) is 0 Å². The highest BCUT2D eigenvalue weighted by Crippen LogP contribution is 2.63. The molecule has 2 N–H and O–H groups in total. The number of quaternary nitrogens is 1. The minimum atomic E-state index is -5.61. The number of hydrogen-bond donors (Lipinski definition) is 2. The molecule has 1 aromatic carbocycles.